The average Bonchev–Trinajstić information content (AvgIpc) is 2.02. The zero-order chi connectivity index (χ0) is 13.1. The van der Waals surface area contributed by atoms with Crippen LogP contribution in [0.25, 0.3) is 0 Å². The maximum Gasteiger partial charge on any atom is 0.394 e. The Hall–Kier alpha value is -1.99. The molecule has 0 spiro atoms. The Labute approximate surface area is 85.5 Å². The highest BCUT2D eigenvalue weighted by Gasteiger charge is 1.84. The van der Waals surface area contributed by atoms with Crippen molar-refractivity contribution in [2.75, 3.05) is 0 Å². The standard InChI is InChI=1S/2CH6N4.H2O4S/c2*2-1(3)5-4;1-5(2,3)4/h2*4H2,(H4,2,3,5);(H2,1,2,3,4)/i2*1+1,2+1,3+1,4+1,5+1;. The molecule has 0 aliphatic heterocycles. The molecule has 0 aromatic heterocycles. The molecule has 0 aliphatic rings. The molecule has 0 saturated carbocycles. The second kappa shape index (κ2) is 10.1. The van der Waals surface area contributed by atoms with Crippen LogP contribution >= 0.6 is 0 Å². The third-order valence-electron chi connectivity index (χ3n) is 0.298. The molecular weight excluding hydrogens is 242 g/mol. The van der Waals surface area contributed by atoms with Gasteiger partial charge in [0.05, 0.1) is 0 Å². The highest BCUT2D eigenvalue weighted by molar-refractivity contribution is 7.79. The van der Waals surface area contributed by atoms with Gasteiger partial charge in [-0.2, -0.15) is 8.42 Å². The average molecular weight is 256 g/mol. The minimum Gasteiger partial charge on any atom is -0.369 e. The normalized spacial score (nSPS) is 8.13. The molecule has 0 aromatic carbocycles. The first-order valence-electron chi connectivity index (χ1n) is 2.82. The van der Waals surface area contributed by atoms with Crippen molar-refractivity contribution in [1.29, 1.82) is 0 Å². The SMILES string of the molecule is O=S(=O)(O)O.[15NH2][15N]=[13C]([15NH2])[15NH2].[15NH2][15N]=[13C]([15NH2])[15NH2]. The van der Waals surface area contributed by atoms with Gasteiger partial charge in [0.15, 0.2) is 0 Å². The predicted octanol–water partition coefficient (Wildman–Crippen LogP) is -4.39. The van der Waals surface area contributed by atoms with Crippen molar-refractivity contribution < 1.29 is 17.5 Å². The minimum absolute atomic E-state index is 0.0926. The van der Waals surface area contributed by atoms with Crippen molar-refractivity contribution in [3.63, 3.8) is 0 Å². The summed E-state index contributed by atoms with van der Waals surface area (Å²) < 4.78 is 31.6. The van der Waals surface area contributed by atoms with Crippen molar-refractivity contribution in [2.45, 2.75) is 0 Å². The maximum absolute atomic E-state index is 8.74. The molecule has 15 heavy (non-hydrogen) atoms. The lowest BCUT2D eigenvalue weighted by Crippen LogP contribution is -2.23. The summed E-state index contributed by atoms with van der Waals surface area (Å²) in [7, 11) is -4.67. The van der Waals surface area contributed by atoms with Crippen LogP contribution in [-0.4, -0.2) is 29.4 Å². The number of nitrogens with two attached hydrogens (primary N) is 6. The molecule has 0 rings (SSSR count). The molecule has 0 unspecified atom stereocenters. The molecule has 0 atom stereocenters. The van der Waals surface area contributed by atoms with Crippen LogP contribution in [-0.2, 0) is 10.4 Å². The molecule has 14 N–H and O–H groups in total. The number of rotatable bonds is 0. The largest absolute Gasteiger partial charge is 0.394 e. The van der Waals surface area contributed by atoms with Crippen LogP contribution in [0.5, 0.6) is 0 Å². The van der Waals surface area contributed by atoms with Crippen LogP contribution in [0, 0.1) is 0 Å². The number of hydrazone groups is 2. The first-order chi connectivity index (χ1) is 6.54. The Kier molecular flexibility index (Phi) is 12.6. The van der Waals surface area contributed by atoms with Crippen molar-refractivity contribution in [3.05, 3.63) is 0 Å². The van der Waals surface area contributed by atoms with E-state index in [0.29, 0.717) is 0 Å². The molecule has 0 fully saturated rings. The zero-order valence-corrected chi connectivity index (χ0v) is 8.29. The lowest BCUT2D eigenvalue weighted by atomic mass is 12.1. The highest BCUT2D eigenvalue weighted by Crippen LogP contribution is 1.59. The minimum atomic E-state index is -4.67. The molecule has 0 aromatic rings. The van der Waals surface area contributed by atoms with Crippen molar-refractivity contribution in [1.82, 2.24) is 0 Å². The van der Waals surface area contributed by atoms with Crippen molar-refractivity contribution in [2.24, 2.45) is 44.8 Å². The highest BCUT2D eigenvalue weighted by atomic mass is 32.3. The van der Waals surface area contributed by atoms with Crippen molar-refractivity contribution in [3.8, 4) is 0 Å². The molecule has 12 nitrogen and oxygen atoms in total. The smallest absolute Gasteiger partial charge is 0.369 e. The summed E-state index contributed by atoms with van der Waals surface area (Å²) in [6.45, 7) is 0. The Balaban J connectivity index is -0.000000144. The summed E-state index contributed by atoms with van der Waals surface area (Å²) in [6.07, 6.45) is 0. The summed E-state index contributed by atoms with van der Waals surface area (Å²) in [4.78, 5) is 0. The first kappa shape index (κ1) is 18.7. The van der Waals surface area contributed by atoms with Crippen LogP contribution in [0.2, 0.25) is 0 Å². The third-order valence-corrected chi connectivity index (χ3v) is 0.298. The van der Waals surface area contributed by atoms with Gasteiger partial charge in [-0.05, 0) is 0 Å². The number of guanidine groups is 2. The maximum atomic E-state index is 8.74. The molecule has 0 heterocycles. The molecule has 13 heteroatoms. The van der Waals surface area contributed by atoms with E-state index in [4.69, 9.17) is 40.5 Å². The van der Waals surface area contributed by atoms with Crippen LogP contribution in [0.1, 0.15) is 0 Å². The van der Waals surface area contributed by atoms with Gasteiger partial charge in [0.2, 0.25) is 11.9 Å². The monoisotopic (exact) mass is 256 g/mol. The second-order valence-corrected chi connectivity index (χ2v) is 2.45. The summed E-state index contributed by atoms with van der Waals surface area (Å²) >= 11 is 0. The van der Waals surface area contributed by atoms with E-state index in [-0.39, 0.29) is 11.9 Å². The van der Waals surface area contributed by atoms with Gasteiger partial charge < -0.3 is 34.6 Å². The van der Waals surface area contributed by atoms with Gasteiger partial charge in [0, 0.05) is 0 Å². The molecular formula is C2H14N8O4S. The number of hydrogen-bond donors (Lipinski definition) is 8. The van der Waals surface area contributed by atoms with Gasteiger partial charge in [-0.3, -0.25) is 9.11 Å². The van der Waals surface area contributed by atoms with Gasteiger partial charge in [-0.25, -0.2) is 0 Å². The molecule has 0 saturated heterocycles. The summed E-state index contributed by atoms with van der Waals surface area (Å²) in [5.74, 6) is 8.83. The van der Waals surface area contributed by atoms with E-state index in [1.54, 1.807) is 0 Å². The van der Waals surface area contributed by atoms with E-state index >= 15 is 0 Å². The van der Waals surface area contributed by atoms with E-state index < -0.39 is 10.4 Å². The predicted molar refractivity (Wildman–Crippen MR) is 54.2 cm³/mol. The van der Waals surface area contributed by atoms with Gasteiger partial charge >= 0.3 is 10.4 Å². The van der Waals surface area contributed by atoms with Gasteiger partial charge in [0.25, 0.3) is 0 Å². The molecule has 0 bridgehead atoms. The Bertz CT molecular complexity index is 262. The van der Waals surface area contributed by atoms with Gasteiger partial charge in [-0.1, -0.05) is 0 Å². The van der Waals surface area contributed by atoms with Gasteiger partial charge in [-0.15, -0.1) is 10.2 Å². The van der Waals surface area contributed by atoms with E-state index in [1.165, 1.54) is 0 Å². The van der Waals surface area contributed by atoms with Crippen molar-refractivity contribution >= 4 is 22.3 Å². The van der Waals surface area contributed by atoms with E-state index in [1.807, 2.05) is 0 Å². The molecule has 0 radical (unpaired) electrons. The summed E-state index contributed by atoms with van der Waals surface area (Å²) in [6, 6.07) is 0. The second-order valence-electron chi connectivity index (χ2n) is 1.56. The Morgan fingerprint density at radius 3 is 0.933 bits per heavy atom. The molecule has 0 amide bonds. The van der Waals surface area contributed by atoms with Crippen LogP contribution in [0.3, 0.4) is 0 Å². The number of nitrogens with zero attached hydrogens (tertiary/aromatic N) is 2. The molecule has 0 aliphatic carbocycles. The fourth-order valence-corrected chi connectivity index (χ4v) is 0. The fourth-order valence-electron chi connectivity index (χ4n) is 0. The van der Waals surface area contributed by atoms with Crippen LogP contribution < -0.4 is 34.6 Å². The van der Waals surface area contributed by atoms with Crippen LogP contribution in [0.4, 0.5) is 0 Å². The lowest BCUT2D eigenvalue weighted by molar-refractivity contribution is 0.381. The quantitative estimate of drug-likeness (QED) is 0.0392. The van der Waals surface area contributed by atoms with E-state index in [9.17, 15) is 0 Å². The Morgan fingerprint density at radius 2 is 0.933 bits per heavy atom. The first-order valence-corrected chi connectivity index (χ1v) is 4.21. The molecule has 92 valence electrons. The fraction of sp³-hybridized carbons (Fsp3) is 0. The van der Waals surface area contributed by atoms with Crippen LogP contribution in [0.15, 0.2) is 10.2 Å². The van der Waals surface area contributed by atoms with E-state index in [0.717, 1.165) is 0 Å². The summed E-state index contributed by atoms with van der Waals surface area (Å²) in [5, 5.41) is 5.72. The lowest BCUT2D eigenvalue weighted by Gasteiger charge is -1.76. The Morgan fingerprint density at radius 1 is 0.867 bits per heavy atom. The topological polar surface area (TPSA) is 255 Å². The zero-order valence-electron chi connectivity index (χ0n) is 7.48. The van der Waals surface area contributed by atoms with E-state index in [2.05, 4.69) is 21.9 Å². The number of hydrogen-bond acceptors (Lipinski definition) is 6. The summed E-state index contributed by atoms with van der Waals surface area (Å²) in [5.41, 5.74) is 18.8. The third kappa shape index (κ3) is 298. The van der Waals surface area contributed by atoms with Gasteiger partial charge in [0.1, 0.15) is 0 Å².